The van der Waals surface area contributed by atoms with E-state index >= 15 is 4.39 Å². The van der Waals surface area contributed by atoms with Crippen LogP contribution in [0.1, 0.15) is 0 Å². The van der Waals surface area contributed by atoms with Crippen molar-refractivity contribution in [2.75, 3.05) is 0 Å². The van der Waals surface area contributed by atoms with E-state index in [1.165, 1.54) is 42.3 Å². The van der Waals surface area contributed by atoms with Crippen LogP contribution in [-0.4, -0.2) is 21.2 Å². The van der Waals surface area contributed by atoms with E-state index in [1.807, 2.05) is 0 Å². The van der Waals surface area contributed by atoms with Crippen molar-refractivity contribution in [3.05, 3.63) is 60.7 Å². The summed E-state index contributed by atoms with van der Waals surface area (Å²) in [5.41, 5.74) is 0. The van der Waals surface area contributed by atoms with E-state index in [-0.39, 0.29) is 0 Å². The van der Waals surface area contributed by atoms with Gasteiger partial charge in [0, 0.05) is 0 Å². The third kappa shape index (κ3) is 2.30. The van der Waals surface area contributed by atoms with E-state index in [9.17, 15) is 16.8 Å². The van der Waals surface area contributed by atoms with Crippen molar-refractivity contribution in [2.45, 2.75) is 14.1 Å². The molecular formula is C15H11FO4S2. The normalized spacial score (nSPS) is 12.5. The summed E-state index contributed by atoms with van der Waals surface area (Å²) in [6.45, 7) is 0. The van der Waals surface area contributed by atoms with Gasteiger partial charge in [-0.25, -0.2) is 16.8 Å². The fraction of sp³-hybridized carbons (Fsp3) is 0.0667. The van der Waals surface area contributed by atoms with Gasteiger partial charge >= 0.3 is 4.33 Å². The minimum absolute atomic E-state index is 0.505. The van der Waals surface area contributed by atoms with E-state index in [0.29, 0.717) is 0 Å². The Bertz CT molecular complexity index is 843. The molecular weight excluding hydrogens is 327 g/mol. The molecule has 2 rings (SSSR count). The maximum Gasteiger partial charge on any atom is 0.376 e. The molecule has 0 aliphatic rings. The lowest BCUT2D eigenvalue weighted by Crippen LogP contribution is -2.40. The van der Waals surface area contributed by atoms with Crippen molar-refractivity contribution >= 4 is 19.7 Å². The van der Waals surface area contributed by atoms with E-state index in [0.717, 1.165) is 24.3 Å². The highest BCUT2D eigenvalue weighted by molar-refractivity contribution is 8.10. The summed E-state index contributed by atoms with van der Waals surface area (Å²) in [4.78, 5) is -1.01. The summed E-state index contributed by atoms with van der Waals surface area (Å²) in [7, 11) is -9.89. The first-order valence-electron chi connectivity index (χ1n) is 6.03. The topological polar surface area (TPSA) is 68.3 Å². The van der Waals surface area contributed by atoms with Gasteiger partial charge in [-0.15, -0.1) is 6.42 Å². The van der Waals surface area contributed by atoms with Gasteiger partial charge in [0.2, 0.25) is 19.7 Å². The van der Waals surface area contributed by atoms with Crippen LogP contribution in [0.4, 0.5) is 4.39 Å². The molecule has 0 aliphatic carbocycles. The molecule has 0 heterocycles. The minimum atomic E-state index is -4.95. The number of benzene rings is 2. The second-order valence-corrected chi connectivity index (χ2v) is 8.65. The van der Waals surface area contributed by atoms with Gasteiger partial charge in [0.05, 0.1) is 9.79 Å². The van der Waals surface area contributed by atoms with Gasteiger partial charge in [0.25, 0.3) is 0 Å². The maximum absolute atomic E-state index is 15.0. The molecule has 114 valence electrons. The van der Waals surface area contributed by atoms with E-state index in [2.05, 4.69) is 0 Å². The Morgan fingerprint density at radius 2 is 1.09 bits per heavy atom. The number of hydrogen-bond acceptors (Lipinski definition) is 4. The van der Waals surface area contributed by atoms with Crippen molar-refractivity contribution in [3.63, 3.8) is 0 Å². The Morgan fingerprint density at radius 3 is 1.36 bits per heavy atom. The molecule has 4 nitrogen and oxygen atoms in total. The quantitative estimate of drug-likeness (QED) is 0.802. The van der Waals surface area contributed by atoms with Crippen LogP contribution in [0.25, 0.3) is 0 Å². The Labute approximate surface area is 128 Å². The summed E-state index contributed by atoms with van der Waals surface area (Å²) in [6, 6.07) is 12.8. The summed E-state index contributed by atoms with van der Waals surface area (Å²) in [5, 5.41) is 0. The number of alkyl halides is 1. The Balaban J connectivity index is 2.72. The van der Waals surface area contributed by atoms with Crippen LogP contribution >= 0.6 is 0 Å². The molecule has 0 aliphatic heterocycles. The predicted molar refractivity (Wildman–Crippen MR) is 79.9 cm³/mol. The van der Waals surface area contributed by atoms with Crippen molar-refractivity contribution in [1.29, 1.82) is 0 Å². The van der Waals surface area contributed by atoms with Crippen molar-refractivity contribution in [1.82, 2.24) is 0 Å². The van der Waals surface area contributed by atoms with Crippen LogP contribution in [0.5, 0.6) is 0 Å². The summed E-state index contributed by atoms with van der Waals surface area (Å²) < 4.78 is 60.8. The lowest BCUT2D eigenvalue weighted by molar-refractivity contribution is 0.421. The molecule has 0 bridgehead atoms. The van der Waals surface area contributed by atoms with Crippen molar-refractivity contribution in [3.8, 4) is 12.3 Å². The summed E-state index contributed by atoms with van der Waals surface area (Å²) in [5.74, 6) is 1.31. The molecule has 0 amide bonds. The van der Waals surface area contributed by atoms with E-state index < -0.39 is 33.8 Å². The second-order valence-electron chi connectivity index (χ2n) is 4.31. The number of rotatable bonds is 4. The molecule has 0 radical (unpaired) electrons. The lowest BCUT2D eigenvalue weighted by Gasteiger charge is -2.20. The molecule has 0 saturated carbocycles. The number of hydrogen-bond donors (Lipinski definition) is 0. The molecule has 0 atom stereocenters. The Kier molecular flexibility index (Phi) is 4.09. The molecule has 0 aromatic heterocycles. The fourth-order valence-corrected chi connectivity index (χ4v) is 5.48. The van der Waals surface area contributed by atoms with Crippen LogP contribution in [0.15, 0.2) is 70.5 Å². The zero-order chi connectivity index (χ0) is 16.4. The third-order valence-electron chi connectivity index (χ3n) is 2.97. The first kappa shape index (κ1) is 16.2. The van der Waals surface area contributed by atoms with Gasteiger partial charge < -0.3 is 0 Å². The minimum Gasteiger partial charge on any atom is -0.218 e. The average molecular weight is 338 g/mol. The monoisotopic (exact) mass is 338 g/mol. The lowest BCUT2D eigenvalue weighted by atomic mass is 10.4. The molecule has 2 aromatic carbocycles. The molecule has 22 heavy (non-hydrogen) atoms. The van der Waals surface area contributed by atoms with Crippen LogP contribution < -0.4 is 0 Å². The fourth-order valence-electron chi connectivity index (χ4n) is 1.80. The third-order valence-corrected chi connectivity index (χ3v) is 7.69. The zero-order valence-electron chi connectivity index (χ0n) is 11.2. The highest BCUT2D eigenvalue weighted by Crippen LogP contribution is 2.36. The molecule has 0 saturated heterocycles. The van der Waals surface area contributed by atoms with Gasteiger partial charge in [-0.1, -0.05) is 36.4 Å². The highest BCUT2D eigenvalue weighted by Gasteiger charge is 2.56. The van der Waals surface area contributed by atoms with Crippen LogP contribution in [0.2, 0.25) is 0 Å². The summed E-state index contributed by atoms with van der Waals surface area (Å²) in [6.07, 6.45) is 4.97. The smallest absolute Gasteiger partial charge is 0.218 e. The molecule has 0 N–H and O–H groups in total. The Morgan fingerprint density at radius 1 is 0.773 bits per heavy atom. The molecule has 7 heteroatoms. The van der Waals surface area contributed by atoms with Gasteiger partial charge in [0.1, 0.15) is 0 Å². The standard InChI is InChI=1S/C15H11FO4S2/c1-2-15(16,21(17,18)13-9-5-3-6-10-13)22(19,20)14-11-7-4-8-12-14/h1,3-12H. The number of terminal acetylenes is 1. The molecule has 0 spiro atoms. The predicted octanol–water partition coefficient (Wildman–Crippen LogP) is 2.19. The number of sulfone groups is 2. The van der Waals surface area contributed by atoms with Crippen molar-refractivity contribution in [2.24, 2.45) is 0 Å². The van der Waals surface area contributed by atoms with E-state index in [1.54, 1.807) is 0 Å². The average Bonchev–Trinajstić information content (AvgIpc) is 2.55. The SMILES string of the molecule is C#CC(F)(S(=O)(=O)c1ccccc1)S(=O)(=O)c1ccccc1. The van der Waals surface area contributed by atoms with Gasteiger partial charge in [0.15, 0.2) is 0 Å². The molecule has 2 aromatic rings. The number of halogens is 1. The van der Waals surface area contributed by atoms with E-state index in [4.69, 9.17) is 6.42 Å². The highest BCUT2D eigenvalue weighted by atomic mass is 32.3. The van der Waals surface area contributed by atoms with Crippen LogP contribution in [0.3, 0.4) is 0 Å². The molecule has 0 fully saturated rings. The van der Waals surface area contributed by atoms with Crippen LogP contribution in [0, 0.1) is 12.3 Å². The first-order chi connectivity index (χ1) is 10.3. The zero-order valence-corrected chi connectivity index (χ0v) is 12.8. The Hall–Kier alpha value is -2.17. The van der Waals surface area contributed by atoms with Gasteiger partial charge in [-0.3, -0.25) is 0 Å². The molecule has 0 unspecified atom stereocenters. The largest absolute Gasteiger partial charge is 0.376 e. The van der Waals surface area contributed by atoms with Crippen LogP contribution in [-0.2, 0) is 19.7 Å². The first-order valence-corrected chi connectivity index (χ1v) is 9.00. The van der Waals surface area contributed by atoms with Gasteiger partial charge in [-0.05, 0) is 30.2 Å². The maximum atomic E-state index is 15.0. The van der Waals surface area contributed by atoms with Gasteiger partial charge in [-0.2, -0.15) is 4.39 Å². The summed E-state index contributed by atoms with van der Waals surface area (Å²) >= 11 is 0. The second kappa shape index (κ2) is 5.55. The van der Waals surface area contributed by atoms with Crippen molar-refractivity contribution < 1.29 is 21.2 Å².